The van der Waals surface area contributed by atoms with Gasteiger partial charge in [-0.3, -0.25) is 9.36 Å². The van der Waals surface area contributed by atoms with Gasteiger partial charge in [0.15, 0.2) is 5.75 Å². The molecule has 0 amide bonds. The lowest BCUT2D eigenvalue weighted by molar-refractivity contribution is -0.137. The molecular weight excluding hydrogens is 535 g/mol. The normalized spacial score (nSPS) is 14.3. The molecule has 34 heavy (non-hydrogen) atoms. The van der Waals surface area contributed by atoms with E-state index in [9.17, 15) is 27.9 Å². The summed E-state index contributed by atoms with van der Waals surface area (Å²) in [5, 5.41) is 10.7. The fourth-order valence-electron chi connectivity index (χ4n) is 4.23. The average Bonchev–Trinajstić information content (AvgIpc) is 2.97. The number of fused-ring (bicyclic) bond motifs is 4. The smallest absolute Gasteiger partial charge is 0.416 e. The molecule has 174 valence electrons. The van der Waals surface area contributed by atoms with E-state index in [0.29, 0.717) is 23.1 Å². The van der Waals surface area contributed by atoms with Crippen molar-refractivity contribution in [3.05, 3.63) is 90.6 Å². The van der Waals surface area contributed by atoms with Crippen LogP contribution in [-0.2, 0) is 11.6 Å². The predicted octanol–water partition coefficient (Wildman–Crippen LogP) is 6.22. The van der Waals surface area contributed by atoms with Crippen LogP contribution in [-0.4, -0.2) is 9.67 Å². The Labute approximate surface area is 203 Å². The first-order valence-electron chi connectivity index (χ1n) is 10.0. The van der Waals surface area contributed by atoms with E-state index in [-0.39, 0.29) is 20.8 Å². The summed E-state index contributed by atoms with van der Waals surface area (Å²) in [4.78, 5) is 25.9. The first-order chi connectivity index (χ1) is 15.9. The van der Waals surface area contributed by atoms with Crippen molar-refractivity contribution in [2.45, 2.75) is 35.2 Å². The first-order valence-corrected chi connectivity index (χ1v) is 11.6. The molecule has 0 fully saturated rings. The summed E-state index contributed by atoms with van der Waals surface area (Å²) in [5.74, 6) is -0.627. The standard InChI is InChI=1S/C24H15BrF3NO4S/c1-23(2)14-9-12(25)6-7-15(14)29-17(23)10-16-18(21(29)31)19(30)20(22(32)33-16)34-13-5-3-4-11(8-13)24(26,27)28/h3-10,30H,1-2H3. The molecule has 5 nitrogen and oxygen atoms in total. The number of rotatable bonds is 2. The number of alkyl halides is 3. The number of halogens is 4. The minimum absolute atomic E-state index is 0.0642. The zero-order valence-corrected chi connectivity index (χ0v) is 20.1. The minimum atomic E-state index is -4.57. The Balaban J connectivity index is 1.73. The van der Waals surface area contributed by atoms with Crippen LogP contribution in [0.15, 0.2) is 76.8 Å². The maximum absolute atomic E-state index is 13.5. The summed E-state index contributed by atoms with van der Waals surface area (Å²) >= 11 is 4.05. The van der Waals surface area contributed by atoms with Gasteiger partial charge in [0.1, 0.15) is 15.9 Å². The molecule has 0 unspecified atom stereocenters. The second kappa shape index (κ2) is 7.51. The summed E-state index contributed by atoms with van der Waals surface area (Å²) in [6.45, 7) is 3.86. The van der Waals surface area contributed by atoms with Crippen LogP contribution in [0.3, 0.4) is 0 Å². The molecule has 1 aliphatic heterocycles. The molecular formula is C24H15BrF3NO4S. The molecule has 0 atom stereocenters. The van der Waals surface area contributed by atoms with Crippen LogP contribution in [0.4, 0.5) is 13.2 Å². The molecule has 1 N–H and O–H groups in total. The maximum atomic E-state index is 13.5. The fourth-order valence-corrected chi connectivity index (χ4v) is 5.48. The number of aromatic hydroxyl groups is 1. The fraction of sp³-hybridized carbons (Fsp3) is 0.167. The highest BCUT2D eigenvalue weighted by Gasteiger charge is 2.38. The predicted molar refractivity (Wildman–Crippen MR) is 125 cm³/mol. The quantitative estimate of drug-likeness (QED) is 0.321. The highest BCUT2D eigenvalue weighted by atomic mass is 79.9. The van der Waals surface area contributed by atoms with Gasteiger partial charge >= 0.3 is 11.8 Å². The van der Waals surface area contributed by atoms with Gasteiger partial charge in [0.25, 0.3) is 5.56 Å². The molecule has 5 rings (SSSR count). The molecule has 0 spiro atoms. The lowest BCUT2D eigenvalue weighted by Gasteiger charge is -2.20. The van der Waals surface area contributed by atoms with Crippen molar-refractivity contribution in [1.29, 1.82) is 0 Å². The molecule has 2 aromatic carbocycles. The van der Waals surface area contributed by atoms with Crippen LogP contribution >= 0.6 is 27.7 Å². The largest absolute Gasteiger partial charge is 0.505 e. The third-order valence-electron chi connectivity index (χ3n) is 5.91. The molecule has 0 bridgehead atoms. The van der Waals surface area contributed by atoms with Crippen molar-refractivity contribution in [1.82, 2.24) is 4.57 Å². The van der Waals surface area contributed by atoms with E-state index in [1.165, 1.54) is 16.7 Å². The molecule has 0 saturated carbocycles. The Morgan fingerprint density at radius 2 is 1.82 bits per heavy atom. The molecule has 3 heterocycles. The summed E-state index contributed by atoms with van der Waals surface area (Å²) in [7, 11) is 0. The molecule has 0 radical (unpaired) electrons. The summed E-state index contributed by atoms with van der Waals surface area (Å²) in [6, 6.07) is 11.3. The molecule has 1 aliphatic rings. The molecule has 0 aliphatic carbocycles. The highest BCUT2D eigenvalue weighted by molar-refractivity contribution is 9.10. The minimum Gasteiger partial charge on any atom is -0.505 e. The summed E-state index contributed by atoms with van der Waals surface area (Å²) in [6.07, 6.45) is -4.57. The van der Waals surface area contributed by atoms with Gasteiger partial charge in [-0.2, -0.15) is 13.2 Å². The summed E-state index contributed by atoms with van der Waals surface area (Å²) in [5.41, 5.74) is -1.04. The Morgan fingerprint density at radius 3 is 2.53 bits per heavy atom. The number of nitrogens with zero attached hydrogens (tertiary/aromatic N) is 1. The van der Waals surface area contributed by atoms with Crippen molar-refractivity contribution in [3.8, 4) is 11.4 Å². The third-order valence-corrected chi connectivity index (χ3v) is 7.45. The van der Waals surface area contributed by atoms with Crippen LogP contribution in [0.2, 0.25) is 0 Å². The topological polar surface area (TPSA) is 72.4 Å². The third kappa shape index (κ3) is 3.39. The van der Waals surface area contributed by atoms with Gasteiger partial charge in [-0.25, -0.2) is 4.79 Å². The molecule has 2 aromatic heterocycles. The van der Waals surface area contributed by atoms with E-state index in [2.05, 4.69) is 15.9 Å². The van der Waals surface area contributed by atoms with Crippen molar-refractivity contribution in [2.75, 3.05) is 0 Å². The van der Waals surface area contributed by atoms with Gasteiger partial charge in [-0.15, -0.1) is 0 Å². The van der Waals surface area contributed by atoms with Crippen LogP contribution in [0.5, 0.6) is 5.75 Å². The van der Waals surface area contributed by atoms with E-state index in [1.54, 1.807) is 18.2 Å². The van der Waals surface area contributed by atoms with E-state index < -0.39 is 34.1 Å². The van der Waals surface area contributed by atoms with Gasteiger partial charge in [-0.05, 0) is 42.0 Å². The van der Waals surface area contributed by atoms with Crippen LogP contribution in [0.1, 0.15) is 30.7 Å². The Morgan fingerprint density at radius 1 is 1.09 bits per heavy atom. The van der Waals surface area contributed by atoms with Crippen molar-refractivity contribution in [2.24, 2.45) is 0 Å². The second-order valence-electron chi connectivity index (χ2n) is 8.39. The highest BCUT2D eigenvalue weighted by Crippen LogP contribution is 2.44. The molecule has 10 heteroatoms. The number of pyridine rings is 1. The Bertz CT molecular complexity index is 1620. The maximum Gasteiger partial charge on any atom is 0.416 e. The Kier molecular flexibility index (Phi) is 5.04. The van der Waals surface area contributed by atoms with Gasteiger partial charge in [0, 0.05) is 26.5 Å². The molecule has 4 aromatic rings. The van der Waals surface area contributed by atoms with Crippen LogP contribution in [0, 0.1) is 0 Å². The monoisotopic (exact) mass is 549 g/mol. The lowest BCUT2D eigenvalue weighted by atomic mass is 9.83. The van der Waals surface area contributed by atoms with E-state index in [4.69, 9.17) is 4.42 Å². The van der Waals surface area contributed by atoms with E-state index >= 15 is 0 Å². The number of benzene rings is 2. The van der Waals surface area contributed by atoms with Gasteiger partial charge < -0.3 is 9.52 Å². The van der Waals surface area contributed by atoms with Crippen molar-refractivity contribution in [3.63, 3.8) is 0 Å². The van der Waals surface area contributed by atoms with Gasteiger partial charge in [0.2, 0.25) is 0 Å². The number of aromatic nitrogens is 1. The number of hydrogen-bond donors (Lipinski definition) is 1. The second-order valence-corrected chi connectivity index (χ2v) is 10.4. The van der Waals surface area contributed by atoms with Crippen LogP contribution < -0.4 is 11.2 Å². The van der Waals surface area contributed by atoms with E-state index in [0.717, 1.165) is 22.2 Å². The number of hydrogen-bond acceptors (Lipinski definition) is 5. The lowest BCUT2D eigenvalue weighted by Crippen LogP contribution is -2.24. The van der Waals surface area contributed by atoms with Gasteiger partial charge in [0.05, 0.1) is 11.3 Å². The first kappa shape index (κ1) is 22.8. The zero-order valence-electron chi connectivity index (χ0n) is 17.7. The van der Waals surface area contributed by atoms with Gasteiger partial charge in [-0.1, -0.05) is 47.6 Å². The van der Waals surface area contributed by atoms with Crippen molar-refractivity contribution >= 4 is 38.7 Å². The van der Waals surface area contributed by atoms with E-state index in [1.807, 2.05) is 19.9 Å². The SMILES string of the molecule is CC1(C)c2cc(Br)ccc2-n2c1cc1oc(=O)c(Sc3cccc(C(F)(F)F)c3)c(O)c1c2=O. The van der Waals surface area contributed by atoms with Crippen LogP contribution in [0.25, 0.3) is 16.7 Å². The summed E-state index contributed by atoms with van der Waals surface area (Å²) < 4.78 is 46.9. The molecule has 0 saturated heterocycles. The van der Waals surface area contributed by atoms with Crippen molar-refractivity contribution < 1.29 is 22.7 Å². The average molecular weight is 550 g/mol. The zero-order chi connectivity index (χ0) is 24.6. The Hall–Kier alpha value is -2.98.